The molecule has 3 rings (SSSR count). The Bertz CT molecular complexity index is 555. The van der Waals surface area contributed by atoms with Gasteiger partial charge in [0.1, 0.15) is 0 Å². The molecule has 0 aliphatic heterocycles. The largest absolute Gasteiger partial charge is 0.311 e. The van der Waals surface area contributed by atoms with Crippen molar-refractivity contribution in [3.8, 4) is 0 Å². The molecule has 1 aliphatic rings. The molecular weight excluding hydrogens is 270 g/mol. The monoisotopic (exact) mass is 291 g/mol. The first kappa shape index (κ1) is 13.7. The van der Waals surface area contributed by atoms with Crippen molar-refractivity contribution >= 4 is 11.3 Å². The molecule has 0 unspecified atom stereocenters. The maximum Gasteiger partial charge on any atom is 0.0964 e. The zero-order valence-electron chi connectivity index (χ0n) is 12.0. The van der Waals surface area contributed by atoms with Crippen molar-refractivity contribution in [2.45, 2.75) is 45.7 Å². The summed E-state index contributed by atoms with van der Waals surface area (Å²) in [6.45, 7) is 6.96. The van der Waals surface area contributed by atoms with Crippen LogP contribution in [0.25, 0.3) is 0 Å². The third-order valence-electron chi connectivity index (χ3n) is 3.41. The van der Waals surface area contributed by atoms with Crippen molar-refractivity contribution in [1.29, 1.82) is 0 Å². The van der Waals surface area contributed by atoms with Gasteiger partial charge in [-0.25, -0.2) is 9.67 Å². The molecule has 0 spiro atoms. The minimum absolute atomic E-state index is 0.492. The molecule has 0 radical (unpaired) electrons. The molecule has 5 nitrogen and oxygen atoms in total. The molecule has 0 amide bonds. The van der Waals surface area contributed by atoms with E-state index in [2.05, 4.69) is 39.8 Å². The molecule has 1 saturated carbocycles. The molecule has 108 valence electrons. The van der Waals surface area contributed by atoms with Gasteiger partial charge in [0.25, 0.3) is 0 Å². The molecule has 2 aromatic rings. The van der Waals surface area contributed by atoms with Crippen molar-refractivity contribution in [1.82, 2.24) is 25.3 Å². The van der Waals surface area contributed by atoms with Crippen molar-refractivity contribution in [2.24, 2.45) is 5.92 Å². The number of aromatic nitrogens is 4. The Kier molecular flexibility index (Phi) is 4.12. The zero-order valence-corrected chi connectivity index (χ0v) is 12.9. The summed E-state index contributed by atoms with van der Waals surface area (Å²) in [4.78, 5) is 4.62. The molecule has 6 heteroatoms. The molecule has 0 aromatic carbocycles. The van der Waals surface area contributed by atoms with Gasteiger partial charge >= 0.3 is 0 Å². The second-order valence-corrected chi connectivity index (χ2v) is 6.70. The van der Waals surface area contributed by atoms with Crippen molar-refractivity contribution in [2.75, 3.05) is 6.54 Å². The lowest BCUT2D eigenvalue weighted by Gasteiger charge is -1.99. The van der Waals surface area contributed by atoms with Gasteiger partial charge in [0.2, 0.25) is 0 Å². The van der Waals surface area contributed by atoms with Crippen LogP contribution >= 0.6 is 11.3 Å². The summed E-state index contributed by atoms with van der Waals surface area (Å²) in [7, 11) is 0. The Balaban J connectivity index is 1.52. The number of hydrogen-bond donors (Lipinski definition) is 1. The summed E-state index contributed by atoms with van der Waals surface area (Å²) in [5.74, 6) is 1.39. The minimum Gasteiger partial charge on any atom is -0.311 e. The van der Waals surface area contributed by atoms with Crippen LogP contribution in [0, 0.1) is 5.92 Å². The predicted octanol–water partition coefficient (Wildman–Crippen LogP) is 2.41. The first-order chi connectivity index (χ1) is 9.70. The normalized spacial score (nSPS) is 15.2. The molecular formula is C14H21N5S. The van der Waals surface area contributed by atoms with Crippen LogP contribution in [-0.2, 0) is 13.1 Å². The van der Waals surface area contributed by atoms with Gasteiger partial charge in [-0.1, -0.05) is 19.1 Å². The Morgan fingerprint density at radius 3 is 2.95 bits per heavy atom. The van der Waals surface area contributed by atoms with E-state index < -0.39 is 0 Å². The van der Waals surface area contributed by atoms with Crippen LogP contribution in [0.4, 0.5) is 0 Å². The average Bonchev–Trinajstić information content (AvgIpc) is 2.94. The van der Waals surface area contributed by atoms with Crippen molar-refractivity contribution < 1.29 is 0 Å². The van der Waals surface area contributed by atoms with E-state index in [0.717, 1.165) is 30.4 Å². The first-order valence-electron chi connectivity index (χ1n) is 7.24. The smallest absolute Gasteiger partial charge is 0.0964 e. The van der Waals surface area contributed by atoms with Gasteiger partial charge in [-0.15, -0.1) is 16.4 Å². The Morgan fingerprint density at radius 1 is 1.40 bits per heavy atom. The number of rotatable bonds is 7. The third kappa shape index (κ3) is 3.64. The van der Waals surface area contributed by atoms with Crippen LogP contribution in [-0.4, -0.2) is 26.5 Å². The van der Waals surface area contributed by atoms with Crippen LogP contribution < -0.4 is 5.32 Å². The van der Waals surface area contributed by atoms with Crippen molar-refractivity contribution in [3.05, 3.63) is 28.0 Å². The third-order valence-corrected chi connectivity index (χ3v) is 4.60. The fourth-order valence-electron chi connectivity index (χ4n) is 2.05. The van der Waals surface area contributed by atoms with Gasteiger partial charge < -0.3 is 5.32 Å². The quantitative estimate of drug-likeness (QED) is 0.851. The van der Waals surface area contributed by atoms with E-state index in [-0.39, 0.29) is 0 Å². The predicted molar refractivity (Wildman–Crippen MR) is 79.8 cm³/mol. The lowest BCUT2D eigenvalue weighted by Crippen LogP contribution is -2.16. The van der Waals surface area contributed by atoms with Crippen molar-refractivity contribution in [3.63, 3.8) is 0 Å². The summed E-state index contributed by atoms with van der Waals surface area (Å²) in [6, 6.07) is 0. The molecule has 2 heterocycles. The van der Waals surface area contributed by atoms with E-state index in [0.29, 0.717) is 12.5 Å². The summed E-state index contributed by atoms with van der Waals surface area (Å²) in [6.07, 6.45) is 4.76. The summed E-state index contributed by atoms with van der Waals surface area (Å²) < 4.78 is 1.87. The fourth-order valence-corrected chi connectivity index (χ4v) is 2.88. The first-order valence-corrected chi connectivity index (χ1v) is 8.12. The van der Waals surface area contributed by atoms with Gasteiger partial charge in [-0.2, -0.15) is 0 Å². The van der Waals surface area contributed by atoms with Crippen LogP contribution in [0.1, 0.15) is 49.0 Å². The fraction of sp³-hybridized carbons (Fsp3) is 0.643. The van der Waals surface area contributed by atoms with Gasteiger partial charge in [0.15, 0.2) is 0 Å². The highest BCUT2D eigenvalue weighted by atomic mass is 32.1. The molecule has 0 atom stereocenters. The molecule has 1 N–H and O–H groups in total. The highest BCUT2D eigenvalue weighted by Gasteiger charge is 2.20. The summed E-state index contributed by atoms with van der Waals surface area (Å²) in [5, 5.41) is 15.1. The van der Waals surface area contributed by atoms with E-state index in [1.54, 1.807) is 11.3 Å². The van der Waals surface area contributed by atoms with Gasteiger partial charge in [-0.3, -0.25) is 0 Å². The molecule has 2 aromatic heterocycles. The highest BCUT2D eigenvalue weighted by Crippen LogP contribution is 2.27. The van der Waals surface area contributed by atoms with E-state index in [1.807, 2.05) is 10.9 Å². The number of nitrogens with zero attached hydrogens (tertiary/aromatic N) is 4. The second-order valence-electron chi connectivity index (χ2n) is 5.81. The van der Waals surface area contributed by atoms with Crippen LogP contribution in [0.2, 0.25) is 0 Å². The molecule has 1 aliphatic carbocycles. The molecule has 0 saturated heterocycles. The average molecular weight is 291 g/mol. The van der Waals surface area contributed by atoms with Crippen LogP contribution in [0.15, 0.2) is 11.6 Å². The van der Waals surface area contributed by atoms with Gasteiger partial charge in [-0.05, 0) is 25.3 Å². The molecule has 0 bridgehead atoms. The van der Waals surface area contributed by atoms with E-state index >= 15 is 0 Å². The number of thiazole rings is 1. The number of nitrogens with one attached hydrogen (secondary N) is 1. The lowest BCUT2D eigenvalue weighted by atomic mass is 10.2. The molecule has 20 heavy (non-hydrogen) atoms. The topological polar surface area (TPSA) is 55.6 Å². The van der Waals surface area contributed by atoms with Crippen LogP contribution in [0.5, 0.6) is 0 Å². The number of hydrogen-bond acceptors (Lipinski definition) is 5. The van der Waals surface area contributed by atoms with Gasteiger partial charge in [0.05, 0.1) is 29.1 Å². The van der Waals surface area contributed by atoms with E-state index in [1.165, 1.54) is 17.8 Å². The second kappa shape index (κ2) is 6.01. The Morgan fingerprint density at radius 2 is 2.25 bits per heavy atom. The summed E-state index contributed by atoms with van der Waals surface area (Å²) >= 11 is 1.72. The SMILES string of the molecule is CC(C)c1nc(Cn2cc(CNCC3CC3)nn2)cs1. The minimum atomic E-state index is 0.492. The lowest BCUT2D eigenvalue weighted by molar-refractivity contribution is 0.625. The maximum absolute atomic E-state index is 4.62. The Labute approximate surface area is 123 Å². The zero-order chi connectivity index (χ0) is 13.9. The van der Waals surface area contributed by atoms with Crippen LogP contribution in [0.3, 0.4) is 0 Å². The molecule has 1 fully saturated rings. The standard InChI is InChI=1S/C14H21N5S/c1-10(2)14-16-13(9-20-14)8-19-7-12(17-18-19)6-15-5-11-3-4-11/h7,9-11,15H,3-6,8H2,1-2H3. The summed E-state index contributed by atoms with van der Waals surface area (Å²) in [5.41, 5.74) is 2.08. The van der Waals surface area contributed by atoms with E-state index in [9.17, 15) is 0 Å². The maximum atomic E-state index is 4.62. The van der Waals surface area contributed by atoms with E-state index in [4.69, 9.17) is 0 Å². The van der Waals surface area contributed by atoms with Gasteiger partial charge in [0, 0.05) is 17.8 Å². The highest BCUT2D eigenvalue weighted by molar-refractivity contribution is 7.09. The Hall–Kier alpha value is -1.27.